The molecule has 1 aromatic carbocycles. The summed E-state index contributed by atoms with van der Waals surface area (Å²) in [7, 11) is 0. The normalized spacial score (nSPS) is 10.5. The predicted molar refractivity (Wildman–Crippen MR) is 51.2 cm³/mol. The van der Waals surface area contributed by atoms with Gasteiger partial charge in [-0.2, -0.15) is 0 Å². The zero-order valence-corrected chi connectivity index (χ0v) is 7.30. The zero-order chi connectivity index (χ0) is 9.42. The molecule has 0 aliphatic heterocycles. The molecule has 1 aromatic heterocycles. The van der Waals surface area contributed by atoms with Gasteiger partial charge < -0.3 is 10.1 Å². The number of aromatic amines is 1. The Morgan fingerprint density at radius 2 is 2.08 bits per heavy atom. The first-order valence-corrected chi connectivity index (χ1v) is 4.06. The Morgan fingerprint density at radius 3 is 2.85 bits per heavy atom. The predicted octanol–water partition coefficient (Wildman–Crippen LogP) is 1.89. The number of phenols is 1. The van der Waals surface area contributed by atoms with Crippen LogP contribution in [-0.2, 0) is 0 Å². The van der Waals surface area contributed by atoms with Gasteiger partial charge in [-0.25, -0.2) is 0 Å². The molecule has 4 heteroatoms. The number of pyridine rings is 1. The second-order valence-electron chi connectivity index (χ2n) is 2.70. The van der Waals surface area contributed by atoms with E-state index in [0.29, 0.717) is 15.8 Å². The van der Waals surface area contributed by atoms with E-state index in [1.54, 1.807) is 6.07 Å². The van der Waals surface area contributed by atoms with Crippen LogP contribution in [0.5, 0.6) is 5.75 Å². The van der Waals surface area contributed by atoms with Crippen LogP contribution in [0.4, 0.5) is 0 Å². The Balaban J connectivity index is 3.01. The molecule has 0 atom stereocenters. The summed E-state index contributed by atoms with van der Waals surface area (Å²) >= 11 is 5.83. The van der Waals surface area contributed by atoms with Gasteiger partial charge in [0.05, 0.1) is 10.4 Å². The third-order valence-corrected chi connectivity index (χ3v) is 2.15. The standard InChI is InChI=1S/C9H6ClNO2/c10-8-4-11-9(13)7-3-5(12)1-2-6(7)8/h1-4,12H,(H,11,13). The van der Waals surface area contributed by atoms with E-state index in [2.05, 4.69) is 4.98 Å². The molecule has 0 aliphatic carbocycles. The Labute approximate surface area is 78.6 Å². The Kier molecular flexibility index (Phi) is 1.74. The van der Waals surface area contributed by atoms with Crippen LogP contribution in [0.3, 0.4) is 0 Å². The molecule has 13 heavy (non-hydrogen) atoms. The van der Waals surface area contributed by atoms with Gasteiger partial charge in [-0.05, 0) is 18.2 Å². The van der Waals surface area contributed by atoms with E-state index in [4.69, 9.17) is 16.7 Å². The van der Waals surface area contributed by atoms with Crippen molar-refractivity contribution in [3.63, 3.8) is 0 Å². The number of benzene rings is 1. The maximum absolute atomic E-state index is 11.3. The largest absolute Gasteiger partial charge is 0.508 e. The van der Waals surface area contributed by atoms with E-state index in [9.17, 15) is 4.79 Å². The van der Waals surface area contributed by atoms with Crippen LogP contribution in [0, 0.1) is 0 Å². The molecule has 0 amide bonds. The van der Waals surface area contributed by atoms with Crippen molar-refractivity contribution in [1.82, 2.24) is 4.98 Å². The first kappa shape index (κ1) is 8.13. The van der Waals surface area contributed by atoms with Gasteiger partial charge in [0.2, 0.25) is 0 Å². The smallest absolute Gasteiger partial charge is 0.256 e. The van der Waals surface area contributed by atoms with E-state index >= 15 is 0 Å². The molecule has 0 spiro atoms. The lowest BCUT2D eigenvalue weighted by Crippen LogP contribution is -2.04. The fourth-order valence-electron chi connectivity index (χ4n) is 1.21. The SMILES string of the molecule is O=c1[nH]cc(Cl)c2ccc(O)cc12. The Hall–Kier alpha value is -1.48. The highest BCUT2D eigenvalue weighted by atomic mass is 35.5. The first-order valence-electron chi connectivity index (χ1n) is 3.68. The maximum atomic E-state index is 11.3. The number of fused-ring (bicyclic) bond motifs is 1. The lowest BCUT2D eigenvalue weighted by atomic mass is 10.2. The van der Waals surface area contributed by atoms with Gasteiger partial charge in [-0.1, -0.05) is 11.6 Å². The fourth-order valence-corrected chi connectivity index (χ4v) is 1.43. The highest BCUT2D eigenvalue weighted by molar-refractivity contribution is 6.35. The van der Waals surface area contributed by atoms with Crippen molar-refractivity contribution in [2.45, 2.75) is 0 Å². The van der Waals surface area contributed by atoms with Crippen molar-refractivity contribution in [1.29, 1.82) is 0 Å². The van der Waals surface area contributed by atoms with Crippen LogP contribution in [-0.4, -0.2) is 10.1 Å². The van der Waals surface area contributed by atoms with E-state index in [1.807, 2.05) is 0 Å². The summed E-state index contributed by atoms with van der Waals surface area (Å²) in [6.07, 6.45) is 1.43. The third kappa shape index (κ3) is 1.27. The lowest BCUT2D eigenvalue weighted by molar-refractivity contribution is 0.476. The van der Waals surface area contributed by atoms with Gasteiger partial charge in [0, 0.05) is 11.6 Å². The Morgan fingerprint density at radius 1 is 1.31 bits per heavy atom. The van der Waals surface area contributed by atoms with Gasteiger partial charge in [-0.3, -0.25) is 4.79 Å². The third-order valence-electron chi connectivity index (χ3n) is 1.84. The van der Waals surface area contributed by atoms with Crippen LogP contribution in [0.25, 0.3) is 10.8 Å². The minimum Gasteiger partial charge on any atom is -0.508 e. The highest BCUT2D eigenvalue weighted by Crippen LogP contribution is 2.22. The molecule has 3 nitrogen and oxygen atoms in total. The molecular formula is C9H6ClNO2. The summed E-state index contributed by atoms with van der Waals surface area (Å²) in [6, 6.07) is 4.50. The van der Waals surface area contributed by atoms with Gasteiger partial charge in [0.15, 0.2) is 0 Å². The molecule has 0 bridgehead atoms. The van der Waals surface area contributed by atoms with Crippen LogP contribution in [0.2, 0.25) is 5.02 Å². The van der Waals surface area contributed by atoms with Crippen molar-refractivity contribution >= 4 is 22.4 Å². The highest BCUT2D eigenvalue weighted by Gasteiger charge is 2.02. The fraction of sp³-hybridized carbons (Fsp3) is 0. The van der Waals surface area contributed by atoms with Crippen LogP contribution in [0.15, 0.2) is 29.2 Å². The number of hydrogen-bond donors (Lipinski definition) is 2. The summed E-state index contributed by atoms with van der Waals surface area (Å²) in [5.74, 6) is 0.0558. The number of rotatable bonds is 0. The van der Waals surface area contributed by atoms with Crippen molar-refractivity contribution in [3.8, 4) is 5.75 Å². The molecule has 2 N–H and O–H groups in total. The molecule has 0 saturated heterocycles. The number of aromatic hydroxyl groups is 1. The second-order valence-corrected chi connectivity index (χ2v) is 3.10. The molecular weight excluding hydrogens is 190 g/mol. The van der Waals surface area contributed by atoms with Crippen LogP contribution in [0.1, 0.15) is 0 Å². The van der Waals surface area contributed by atoms with Crippen molar-refractivity contribution in [2.75, 3.05) is 0 Å². The first-order chi connectivity index (χ1) is 6.18. The number of halogens is 1. The lowest BCUT2D eigenvalue weighted by Gasteiger charge is -1.99. The molecule has 1 heterocycles. The van der Waals surface area contributed by atoms with Gasteiger partial charge in [0.1, 0.15) is 5.75 Å². The van der Waals surface area contributed by atoms with E-state index < -0.39 is 0 Å². The minimum atomic E-state index is -0.254. The molecule has 0 unspecified atom stereocenters. The number of phenolic OH excluding ortho intramolecular Hbond substituents is 1. The molecule has 2 rings (SSSR count). The Bertz CT molecular complexity index is 518. The van der Waals surface area contributed by atoms with E-state index in [1.165, 1.54) is 18.3 Å². The maximum Gasteiger partial charge on any atom is 0.256 e. The van der Waals surface area contributed by atoms with E-state index in [-0.39, 0.29) is 11.3 Å². The van der Waals surface area contributed by atoms with E-state index in [0.717, 1.165) is 0 Å². The minimum absolute atomic E-state index is 0.0558. The molecule has 66 valence electrons. The van der Waals surface area contributed by atoms with Gasteiger partial charge in [0.25, 0.3) is 5.56 Å². The molecule has 0 radical (unpaired) electrons. The topological polar surface area (TPSA) is 53.1 Å². The number of hydrogen-bond acceptors (Lipinski definition) is 2. The molecule has 0 fully saturated rings. The monoisotopic (exact) mass is 195 g/mol. The summed E-state index contributed by atoms with van der Waals surface area (Å²) < 4.78 is 0. The quantitative estimate of drug-likeness (QED) is 0.675. The number of aromatic nitrogens is 1. The van der Waals surface area contributed by atoms with Crippen molar-refractivity contribution < 1.29 is 5.11 Å². The van der Waals surface area contributed by atoms with Crippen LogP contribution >= 0.6 is 11.6 Å². The zero-order valence-electron chi connectivity index (χ0n) is 6.54. The van der Waals surface area contributed by atoms with Crippen molar-refractivity contribution in [3.05, 3.63) is 39.8 Å². The second kappa shape index (κ2) is 2.78. The summed E-state index contributed by atoms with van der Waals surface area (Å²) in [5.41, 5.74) is -0.254. The van der Waals surface area contributed by atoms with Gasteiger partial charge >= 0.3 is 0 Å². The molecule has 0 saturated carbocycles. The molecule has 0 aliphatic rings. The number of nitrogens with one attached hydrogen (secondary N) is 1. The van der Waals surface area contributed by atoms with Gasteiger partial charge in [-0.15, -0.1) is 0 Å². The summed E-state index contributed by atoms with van der Waals surface area (Å²) in [4.78, 5) is 13.7. The average Bonchev–Trinajstić information content (AvgIpc) is 2.12. The molecule has 2 aromatic rings. The summed E-state index contributed by atoms with van der Waals surface area (Å²) in [5, 5.41) is 10.7. The average molecular weight is 196 g/mol. The summed E-state index contributed by atoms with van der Waals surface area (Å²) in [6.45, 7) is 0. The number of H-pyrrole nitrogens is 1. The van der Waals surface area contributed by atoms with Crippen LogP contribution < -0.4 is 5.56 Å². The van der Waals surface area contributed by atoms with Crippen molar-refractivity contribution in [2.24, 2.45) is 0 Å².